The molecule has 0 bridgehead atoms. The van der Waals surface area contributed by atoms with E-state index in [1.165, 1.54) is 0 Å². The molecule has 1 rings (SSSR count). The van der Waals surface area contributed by atoms with E-state index >= 15 is 0 Å². The molecular weight excluding hydrogens is 196 g/mol. The van der Waals surface area contributed by atoms with Gasteiger partial charge in [0.05, 0.1) is 0 Å². The molecule has 0 saturated carbocycles. The topological polar surface area (TPSA) is 24.9 Å². The van der Waals surface area contributed by atoms with E-state index < -0.39 is 0 Å². The van der Waals surface area contributed by atoms with Gasteiger partial charge in [0.15, 0.2) is 0 Å². The van der Waals surface area contributed by atoms with E-state index in [2.05, 4.69) is 31.1 Å². The summed E-state index contributed by atoms with van der Waals surface area (Å²) in [5.41, 5.74) is 0.0758. The zero-order valence-electron chi connectivity index (χ0n) is 8.97. The van der Waals surface area contributed by atoms with Crippen molar-refractivity contribution in [2.45, 2.75) is 39.2 Å². The lowest BCUT2D eigenvalue weighted by Crippen LogP contribution is -2.30. The Kier molecular flexibility index (Phi) is 3.76. The van der Waals surface area contributed by atoms with E-state index in [1.807, 2.05) is 12.1 Å². The maximum absolute atomic E-state index is 5.80. The molecule has 1 heterocycles. The number of halogens is 1. The largest absolute Gasteiger partial charge is 0.365 e. The number of nitrogens with zero attached hydrogens (tertiary/aromatic N) is 1. The Morgan fingerprint density at radius 3 is 2.71 bits per heavy atom. The molecule has 1 aromatic rings. The van der Waals surface area contributed by atoms with Crippen LogP contribution in [-0.2, 0) is 0 Å². The predicted octanol–water partition coefficient (Wildman–Crippen LogP) is 3.73. The second kappa shape index (κ2) is 4.65. The number of anilines is 1. The van der Waals surface area contributed by atoms with Crippen molar-refractivity contribution in [3.8, 4) is 0 Å². The number of hydrogen-bond donors (Lipinski definition) is 1. The van der Waals surface area contributed by atoms with Gasteiger partial charge < -0.3 is 5.32 Å². The van der Waals surface area contributed by atoms with Crippen LogP contribution in [-0.4, -0.2) is 10.5 Å². The highest BCUT2D eigenvalue weighted by Crippen LogP contribution is 2.18. The SMILES string of the molecule is CCCC(C)(C)Nc1cccc(Cl)n1. The van der Waals surface area contributed by atoms with Crippen molar-refractivity contribution < 1.29 is 0 Å². The summed E-state index contributed by atoms with van der Waals surface area (Å²) < 4.78 is 0. The van der Waals surface area contributed by atoms with Gasteiger partial charge in [0.1, 0.15) is 11.0 Å². The second-order valence-electron chi connectivity index (χ2n) is 4.10. The van der Waals surface area contributed by atoms with Gasteiger partial charge >= 0.3 is 0 Å². The summed E-state index contributed by atoms with van der Waals surface area (Å²) in [7, 11) is 0. The Morgan fingerprint density at radius 2 is 2.14 bits per heavy atom. The molecular formula is C11H17ClN2. The quantitative estimate of drug-likeness (QED) is 0.770. The van der Waals surface area contributed by atoms with Gasteiger partial charge in [0.25, 0.3) is 0 Å². The van der Waals surface area contributed by atoms with Gasteiger partial charge in [-0.15, -0.1) is 0 Å². The Balaban J connectivity index is 2.68. The fraction of sp³-hybridized carbons (Fsp3) is 0.545. The fourth-order valence-corrected chi connectivity index (χ4v) is 1.68. The van der Waals surface area contributed by atoms with Crippen LogP contribution in [0, 0.1) is 0 Å². The smallest absolute Gasteiger partial charge is 0.131 e. The van der Waals surface area contributed by atoms with E-state index in [9.17, 15) is 0 Å². The van der Waals surface area contributed by atoms with Crippen LogP contribution in [0.2, 0.25) is 5.15 Å². The Labute approximate surface area is 90.7 Å². The molecule has 0 aliphatic heterocycles. The first-order valence-corrected chi connectivity index (χ1v) is 5.32. The highest BCUT2D eigenvalue weighted by Gasteiger charge is 2.16. The third-order valence-corrected chi connectivity index (χ3v) is 2.27. The first kappa shape index (κ1) is 11.3. The van der Waals surface area contributed by atoms with Gasteiger partial charge in [-0.1, -0.05) is 31.0 Å². The van der Waals surface area contributed by atoms with Crippen molar-refractivity contribution in [1.82, 2.24) is 4.98 Å². The Hall–Kier alpha value is -0.760. The van der Waals surface area contributed by atoms with E-state index in [-0.39, 0.29) is 5.54 Å². The first-order chi connectivity index (χ1) is 6.53. The van der Waals surface area contributed by atoms with E-state index in [0.717, 1.165) is 18.7 Å². The summed E-state index contributed by atoms with van der Waals surface area (Å²) in [5, 5.41) is 3.89. The molecule has 78 valence electrons. The monoisotopic (exact) mass is 212 g/mol. The van der Waals surface area contributed by atoms with Crippen molar-refractivity contribution in [3.63, 3.8) is 0 Å². The maximum Gasteiger partial charge on any atom is 0.131 e. The standard InChI is InChI=1S/C11H17ClN2/c1-4-8-11(2,3)14-10-7-5-6-9(12)13-10/h5-7H,4,8H2,1-3H3,(H,13,14). The summed E-state index contributed by atoms with van der Waals surface area (Å²) in [5.74, 6) is 0.843. The molecule has 0 atom stereocenters. The number of aromatic nitrogens is 1. The number of hydrogen-bond acceptors (Lipinski definition) is 2. The minimum atomic E-state index is 0.0758. The highest BCUT2D eigenvalue weighted by molar-refractivity contribution is 6.29. The van der Waals surface area contributed by atoms with E-state index in [0.29, 0.717) is 5.15 Å². The fourth-order valence-electron chi connectivity index (χ4n) is 1.51. The van der Waals surface area contributed by atoms with Crippen LogP contribution in [0.4, 0.5) is 5.82 Å². The first-order valence-electron chi connectivity index (χ1n) is 4.94. The number of pyridine rings is 1. The van der Waals surface area contributed by atoms with E-state index in [4.69, 9.17) is 11.6 Å². The molecule has 0 fully saturated rings. The number of nitrogens with one attached hydrogen (secondary N) is 1. The molecule has 2 nitrogen and oxygen atoms in total. The zero-order chi connectivity index (χ0) is 10.6. The van der Waals surface area contributed by atoms with E-state index in [1.54, 1.807) is 6.07 Å². The molecule has 0 aliphatic carbocycles. The third-order valence-electron chi connectivity index (χ3n) is 2.06. The lowest BCUT2D eigenvalue weighted by atomic mass is 9.99. The summed E-state index contributed by atoms with van der Waals surface area (Å²) in [4.78, 5) is 4.19. The molecule has 0 unspecified atom stereocenters. The molecule has 0 radical (unpaired) electrons. The maximum atomic E-state index is 5.80. The third kappa shape index (κ3) is 3.54. The van der Waals surface area contributed by atoms with Crippen LogP contribution in [0.3, 0.4) is 0 Å². The molecule has 1 aromatic heterocycles. The van der Waals surface area contributed by atoms with Crippen LogP contribution in [0.5, 0.6) is 0 Å². The number of rotatable bonds is 4. The average Bonchev–Trinajstić information content (AvgIpc) is 2.02. The Morgan fingerprint density at radius 1 is 1.43 bits per heavy atom. The zero-order valence-corrected chi connectivity index (χ0v) is 9.73. The van der Waals surface area contributed by atoms with Crippen molar-refractivity contribution >= 4 is 17.4 Å². The summed E-state index contributed by atoms with van der Waals surface area (Å²) >= 11 is 5.80. The lowest BCUT2D eigenvalue weighted by molar-refractivity contribution is 0.509. The van der Waals surface area contributed by atoms with Crippen LogP contribution >= 0.6 is 11.6 Å². The molecule has 0 aliphatic rings. The molecule has 14 heavy (non-hydrogen) atoms. The summed E-state index contributed by atoms with van der Waals surface area (Å²) in [6, 6.07) is 5.61. The predicted molar refractivity (Wildman–Crippen MR) is 61.9 cm³/mol. The van der Waals surface area contributed by atoms with Crippen molar-refractivity contribution in [2.24, 2.45) is 0 Å². The van der Waals surface area contributed by atoms with Gasteiger partial charge in [0, 0.05) is 5.54 Å². The Bertz CT molecular complexity index is 297. The van der Waals surface area contributed by atoms with Gasteiger partial charge in [0.2, 0.25) is 0 Å². The van der Waals surface area contributed by atoms with Crippen LogP contribution < -0.4 is 5.32 Å². The van der Waals surface area contributed by atoms with Crippen molar-refractivity contribution in [3.05, 3.63) is 23.4 Å². The van der Waals surface area contributed by atoms with Crippen LogP contribution in [0.25, 0.3) is 0 Å². The minimum absolute atomic E-state index is 0.0758. The minimum Gasteiger partial charge on any atom is -0.365 e. The van der Waals surface area contributed by atoms with Crippen LogP contribution in [0.15, 0.2) is 18.2 Å². The molecule has 0 saturated heterocycles. The van der Waals surface area contributed by atoms with Crippen molar-refractivity contribution in [2.75, 3.05) is 5.32 Å². The van der Waals surface area contributed by atoms with Crippen LogP contribution in [0.1, 0.15) is 33.6 Å². The highest BCUT2D eigenvalue weighted by atomic mass is 35.5. The van der Waals surface area contributed by atoms with Gasteiger partial charge in [-0.2, -0.15) is 0 Å². The molecule has 1 N–H and O–H groups in total. The molecule has 3 heteroatoms. The molecule has 0 spiro atoms. The average molecular weight is 213 g/mol. The normalized spacial score (nSPS) is 11.4. The van der Waals surface area contributed by atoms with Gasteiger partial charge in [-0.25, -0.2) is 4.98 Å². The van der Waals surface area contributed by atoms with Gasteiger partial charge in [-0.3, -0.25) is 0 Å². The van der Waals surface area contributed by atoms with Gasteiger partial charge in [-0.05, 0) is 32.4 Å². The molecule has 0 aromatic carbocycles. The summed E-state index contributed by atoms with van der Waals surface area (Å²) in [6.07, 6.45) is 2.27. The lowest BCUT2D eigenvalue weighted by Gasteiger charge is -2.26. The summed E-state index contributed by atoms with van der Waals surface area (Å²) in [6.45, 7) is 6.51. The molecule has 0 amide bonds. The second-order valence-corrected chi connectivity index (χ2v) is 4.49. The van der Waals surface area contributed by atoms with Crippen molar-refractivity contribution in [1.29, 1.82) is 0 Å².